The summed E-state index contributed by atoms with van der Waals surface area (Å²) in [7, 11) is 1.66. The molecule has 0 bridgehead atoms. The molecular weight excluding hydrogens is 299 g/mol. The molecule has 2 aromatic rings. The van der Waals surface area contributed by atoms with E-state index in [0.29, 0.717) is 30.2 Å². The molecule has 0 atom stereocenters. The normalized spacial score (nSPS) is 10.2. The van der Waals surface area contributed by atoms with E-state index in [1.54, 1.807) is 43.4 Å². The molecule has 0 radical (unpaired) electrons. The van der Waals surface area contributed by atoms with Crippen LogP contribution in [-0.4, -0.2) is 36.2 Å². The largest absolute Gasteiger partial charge is 0.457 e. The number of benzene rings is 2. The zero-order valence-corrected chi connectivity index (χ0v) is 12.8. The molecule has 0 fully saturated rings. The number of aliphatic hydroxyl groups is 1. The molecule has 0 heterocycles. The molecule has 122 valence electrons. The van der Waals surface area contributed by atoms with Crippen LogP contribution in [0.3, 0.4) is 0 Å². The van der Waals surface area contributed by atoms with Gasteiger partial charge in [-0.1, -0.05) is 6.07 Å². The lowest BCUT2D eigenvalue weighted by Gasteiger charge is -2.17. The minimum absolute atomic E-state index is 0.0454. The van der Waals surface area contributed by atoms with Crippen molar-refractivity contribution >= 4 is 11.7 Å². The number of carbonyl (C=O) groups excluding carboxylic acids is 1. The second-order valence-electron chi connectivity index (χ2n) is 5.01. The standard InChI is InChI=1S/C17H19FN2O3/c1-20(10-3-11-21)17(22)19-14-6-8-15(9-7-14)23-16-5-2-4-13(18)12-16/h2,4-9,12,21H,3,10-11H2,1H3,(H,19,22). The van der Waals surface area contributed by atoms with Gasteiger partial charge in [-0.25, -0.2) is 9.18 Å². The van der Waals surface area contributed by atoms with Crippen LogP contribution in [0.5, 0.6) is 11.5 Å². The summed E-state index contributed by atoms with van der Waals surface area (Å²) in [6.45, 7) is 0.521. The van der Waals surface area contributed by atoms with E-state index in [2.05, 4.69) is 5.32 Å². The number of anilines is 1. The zero-order valence-electron chi connectivity index (χ0n) is 12.8. The highest BCUT2D eigenvalue weighted by molar-refractivity contribution is 5.89. The maximum atomic E-state index is 13.1. The third-order valence-electron chi connectivity index (χ3n) is 3.14. The van der Waals surface area contributed by atoms with Crippen molar-refractivity contribution in [3.8, 4) is 11.5 Å². The molecule has 2 amide bonds. The number of nitrogens with zero attached hydrogens (tertiary/aromatic N) is 1. The highest BCUT2D eigenvalue weighted by atomic mass is 19.1. The molecule has 2 rings (SSSR count). The molecule has 2 aromatic carbocycles. The molecule has 0 aliphatic rings. The van der Waals surface area contributed by atoms with Crippen LogP contribution < -0.4 is 10.1 Å². The predicted molar refractivity (Wildman–Crippen MR) is 86.3 cm³/mol. The lowest BCUT2D eigenvalue weighted by atomic mass is 10.3. The molecule has 0 aromatic heterocycles. The summed E-state index contributed by atoms with van der Waals surface area (Å²) in [4.78, 5) is 13.4. The maximum Gasteiger partial charge on any atom is 0.321 e. The van der Waals surface area contributed by atoms with Gasteiger partial charge >= 0.3 is 6.03 Å². The Kier molecular flexibility index (Phi) is 5.94. The second kappa shape index (κ2) is 8.14. The smallest absolute Gasteiger partial charge is 0.321 e. The van der Waals surface area contributed by atoms with Crippen LogP contribution in [0.25, 0.3) is 0 Å². The number of ether oxygens (including phenoxy) is 1. The van der Waals surface area contributed by atoms with Crippen LogP contribution in [0.4, 0.5) is 14.9 Å². The highest BCUT2D eigenvalue weighted by Gasteiger charge is 2.08. The number of aliphatic hydroxyl groups excluding tert-OH is 1. The van der Waals surface area contributed by atoms with E-state index < -0.39 is 0 Å². The van der Waals surface area contributed by atoms with E-state index in [1.165, 1.54) is 17.0 Å². The lowest BCUT2D eigenvalue weighted by molar-refractivity contribution is 0.214. The Morgan fingerprint density at radius 1 is 1.22 bits per heavy atom. The first-order valence-corrected chi connectivity index (χ1v) is 7.25. The van der Waals surface area contributed by atoms with Gasteiger partial charge < -0.3 is 20.1 Å². The summed E-state index contributed by atoms with van der Waals surface area (Å²) >= 11 is 0. The third kappa shape index (κ3) is 5.27. The quantitative estimate of drug-likeness (QED) is 0.857. The van der Waals surface area contributed by atoms with Gasteiger partial charge in [0.1, 0.15) is 17.3 Å². The predicted octanol–water partition coefficient (Wildman–Crippen LogP) is 3.46. The number of halogens is 1. The fraction of sp³-hybridized carbons (Fsp3) is 0.235. The van der Waals surface area contributed by atoms with Gasteiger partial charge in [0.25, 0.3) is 0 Å². The number of rotatable bonds is 6. The van der Waals surface area contributed by atoms with Crippen LogP contribution in [0, 0.1) is 5.82 Å². The summed E-state index contributed by atoms with van der Waals surface area (Å²) in [6, 6.07) is 12.4. The van der Waals surface area contributed by atoms with E-state index >= 15 is 0 Å². The number of nitrogens with one attached hydrogen (secondary N) is 1. The van der Waals surface area contributed by atoms with E-state index in [0.717, 1.165) is 0 Å². The summed E-state index contributed by atoms with van der Waals surface area (Å²) in [5, 5.41) is 11.5. The van der Waals surface area contributed by atoms with Gasteiger partial charge in [0, 0.05) is 32.0 Å². The molecule has 0 unspecified atom stereocenters. The Morgan fingerprint density at radius 3 is 2.61 bits per heavy atom. The number of urea groups is 1. The van der Waals surface area contributed by atoms with Gasteiger partial charge in [0.15, 0.2) is 0 Å². The Morgan fingerprint density at radius 2 is 1.96 bits per heavy atom. The summed E-state index contributed by atoms with van der Waals surface area (Å²) < 4.78 is 18.6. The van der Waals surface area contributed by atoms with Gasteiger partial charge in [0.2, 0.25) is 0 Å². The van der Waals surface area contributed by atoms with Crippen molar-refractivity contribution in [2.75, 3.05) is 25.5 Å². The van der Waals surface area contributed by atoms with E-state index in [1.807, 2.05) is 0 Å². The van der Waals surface area contributed by atoms with Crippen LogP contribution in [-0.2, 0) is 0 Å². The van der Waals surface area contributed by atoms with Crippen LogP contribution >= 0.6 is 0 Å². The van der Waals surface area contributed by atoms with Crippen LogP contribution in [0.1, 0.15) is 6.42 Å². The lowest BCUT2D eigenvalue weighted by Crippen LogP contribution is -2.32. The Hall–Kier alpha value is -2.60. The minimum Gasteiger partial charge on any atom is -0.457 e. The molecule has 0 aliphatic carbocycles. The molecule has 0 aliphatic heterocycles. The Labute approximate surface area is 134 Å². The topological polar surface area (TPSA) is 61.8 Å². The monoisotopic (exact) mass is 318 g/mol. The Balaban J connectivity index is 1.93. The van der Waals surface area contributed by atoms with Crippen LogP contribution in [0.2, 0.25) is 0 Å². The van der Waals surface area contributed by atoms with Crippen molar-refractivity contribution in [3.05, 3.63) is 54.3 Å². The molecule has 5 nitrogen and oxygen atoms in total. The molecule has 6 heteroatoms. The summed E-state index contributed by atoms with van der Waals surface area (Å²) in [5.41, 5.74) is 0.623. The van der Waals surface area contributed by atoms with Gasteiger partial charge in [0.05, 0.1) is 0 Å². The van der Waals surface area contributed by atoms with Gasteiger partial charge in [-0.05, 0) is 42.8 Å². The van der Waals surface area contributed by atoms with Crippen molar-refractivity contribution in [2.24, 2.45) is 0 Å². The first-order chi connectivity index (χ1) is 11.1. The molecular formula is C17H19FN2O3. The molecule has 0 saturated carbocycles. The van der Waals surface area contributed by atoms with Gasteiger partial charge in [-0.15, -0.1) is 0 Å². The van der Waals surface area contributed by atoms with Gasteiger partial charge in [-0.3, -0.25) is 0 Å². The van der Waals surface area contributed by atoms with Crippen molar-refractivity contribution in [2.45, 2.75) is 6.42 Å². The SMILES string of the molecule is CN(CCCO)C(=O)Nc1ccc(Oc2cccc(F)c2)cc1. The summed E-state index contributed by atoms with van der Waals surface area (Å²) in [6.07, 6.45) is 0.532. The Bertz CT molecular complexity index is 647. The van der Waals surface area contributed by atoms with E-state index in [-0.39, 0.29) is 18.5 Å². The molecule has 23 heavy (non-hydrogen) atoms. The fourth-order valence-electron chi connectivity index (χ4n) is 1.90. The highest BCUT2D eigenvalue weighted by Crippen LogP contribution is 2.23. The second-order valence-corrected chi connectivity index (χ2v) is 5.01. The van der Waals surface area contributed by atoms with Crippen molar-refractivity contribution in [1.29, 1.82) is 0 Å². The number of amides is 2. The van der Waals surface area contributed by atoms with E-state index in [9.17, 15) is 9.18 Å². The molecule has 0 saturated heterocycles. The van der Waals surface area contributed by atoms with E-state index in [4.69, 9.17) is 9.84 Å². The molecule has 0 spiro atoms. The average Bonchev–Trinajstić information content (AvgIpc) is 2.54. The first kappa shape index (κ1) is 16.8. The number of hydrogen-bond acceptors (Lipinski definition) is 3. The third-order valence-corrected chi connectivity index (χ3v) is 3.14. The minimum atomic E-state index is -0.364. The zero-order chi connectivity index (χ0) is 16.7. The van der Waals surface area contributed by atoms with Gasteiger partial charge in [-0.2, -0.15) is 0 Å². The molecule has 2 N–H and O–H groups in total. The fourth-order valence-corrected chi connectivity index (χ4v) is 1.90. The van der Waals surface area contributed by atoms with Crippen molar-refractivity contribution in [3.63, 3.8) is 0 Å². The maximum absolute atomic E-state index is 13.1. The number of hydrogen-bond donors (Lipinski definition) is 2. The summed E-state index contributed by atoms with van der Waals surface area (Å²) in [5.74, 6) is 0.588. The first-order valence-electron chi connectivity index (χ1n) is 7.25. The van der Waals surface area contributed by atoms with Crippen molar-refractivity contribution < 1.29 is 19.0 Å². The van der Waals surface area contributed by atoms with Crippen molar-refractivity contribution in [1.82, 2.24) is 4.90 Å². The van der Waals surface area contributed by atoms with Crippen LogP contribution in [0.15, 0.2) is 48.5 Å². The number of carbonyl (C=O) groups is 1. The average molecular weight is 318 g/mol.